The van der Waals surface area contributed by atoms with Crippen molar-refractivity contribution in [2.45, 2.75) is 38.6 Å². The number of aromatic amines is 1. The molecule has 1 spiro atoms. The molecule has 190 valence electrons. The van der Waals surface area contributed by atoms with Gasteiger partial charge in [0.05, 0.1) is 11.7 Å². The van der Waals surface area contributed by atoms with Crippen molar-refractivity contribution in [3.63, 3.8) is 0 Å². The maximum Gasteiger partial charge on any atom is 0.284 e. The molecule has 2 atom stereocenters. The van der Waals surface area contributed by atoms with Crippen LogP contribution in [0.15, 0.2) is 57.9 Å². The van der Waals surface area contributed by atoms with Crippen LogP contribution in [-0.2, 0) is 4.79 Å². The van der Waals surface area contributed by atoms with E-state index >= 15 is 0 Å². The van der Waals surface area contributed by atoms with Crippen LogP contribution < -0.4 is 5.56 Å². The average Bonchev–Trinajstić information content (AvgIpc) is 3.71. The Morgan fingerprint density at radius 2 is 1.87 bits per heavy atom. The molecule has 8 rings (SSSR count). The predicted octanol–water partition coefficient (Wildman–Crippen LogP) is 4.48. The van der Waals surface area contributed by atoms with Crippen molar-refractivity contribution in [3.8, 4) is 22.5 Å². The fourth-order valence-electron chi connectivity index (χ4n) is 6.22. The summed E-state index contributed by atoms with van der Waals surface area (Å²) < 4.78 is 7.52. The molecule has 1 amide bonds. The Hall–Kier alpha value is -4.27. The summed E-state index contributed by atoms with van der Waals surface area (Å²) in [5.41, 5.74) is 4.28. The van der Waals surface area contributed by atoms with E-state index in [-0.39, 0.29) is 40.1 Å². The third-order valence-electron chi connectivity index (χ3n) is 8.57. The molecule has 2 aromatic carbocycles. The minimum absolute atomic E-state index is 0.0147. The van der Waals surface area contributed by atoms with E-state index in [9.17, 15) is 9.59 Å². The number of carbonyl (C=O) groups is 1. The molecule has 0 bridgehead atoms. The molecule has 9 nitrogen and oxygen atoms in total. The first kappa shape index (κ1) is 21.8. The van der Waals surface area contributed by atoms with Crippen molar-refractivity contribution < 1.29 is 9.21 Å². The Kier molecular flexibility index (Phi) is 4.37. The number of aromatic nitrogens is 5. The minimum Gasteiger partial charge on any atom is -0.422 e. The van der Waals surface area contributed by atoms with E-state index in [4.69, 9.17) is 9.40 Å². The van der Waals surface area contributed by atoms with Crippen LogP contribution in [0.3, 0.4) is 0 Å². The van der Waals surface area contributed by atoms with Gasteiger partial charge in [-0.1, -0.05) is 30.3 Å². The number of hydrogen-bond donors (Lipinski definition) is 1. The van der Waals surface area contributed by atoms with Crippen molar-refractivity contribution in [2.75, 3.05) is 13.1 Å². The number of hydrogen-bond acceptors (Lipinski definition) is 6. The van der Waals surface area contributed by atoms with E-state index in [2.05, 4.69) is 39.4 Å². The second-order valence-corrected chi connectivity index (χ2v) is 11.1. The van der Waals surface area contributed by atoms with Crippen LogP contribution in [0.25, 0.3) is 44.6 Å². The van der Waals surface area contributed by atoms with E-state index in [0.717, 1.165) is 59.8 Å². The number of likely N-dealkylation sites (tertiary alicyclic amines) is 1. The number of benzene rings is 2. The molecule has 1 N–H and O–H groups in total. The van der Waals surface area contributed by atoms with Gasteiger partial charge in [-0.25, -0.2) is 4.98 Å². The summed E-state index contributed by atoms with van der Waals surface area (Å²) >= 11 is 0. The molecule has 38 heavy (non-hydrogen) atoms. The van der Waals surface area contributed by atoms with Crippen molar-refractivity contribution in [1.29, 1.82) is 0 Å². The lowest BCUT2D eigenvalue weighted by Crippen LogP contribution is -2.31. The van der Waals surface area contributed by atoms with Crippen LogP contribution in [-0.4, -0.2) is 48.6 Å². The van der Waals surface area contributed by atoms with Crippen molar-refractivity contribution in [2.24, 2.45) is 11.3 Å². The molecule has 0 unspecified atom stereocenters. The molecule has 3 aromatic heterocycles. The number of nitrogens with one attached hydrogen (secondary N) is 1. The number of H-pyrrole nitrogens is 1. The lowest BCUT2D eigenvalue weighted by atomic mass is 10.0. The van der Waals surface area contributed by atoms with Gasteiger partial charge in [0, 0.05) is 48.3 Å². The highest BCUT2D eigenvalue weighted by Gasteiger charge is 2.60. The van der Waals surface area contributed by atoms with Crippen LogP contribution >= 0.6 is 0 Å². The molecule has 3 fully saturated rings. The molecule has 5 aromatic rings. The quantitative estimate of drug-likeness (QED) is 0.385. The van der Waals surface area contributed by atoms with Crippen LogP contribution in [0.4, 0.5) is 0 Å². The lowest BCUT2D eigenvalue weighted by Gasteiger charge is -2.18. The fraction of sp³-hybridized carbons (Fsp3) is 0.345. The van der Waals surface area contributed by atoms with Gasteiger partial charge >= 0.3 is 0 Å². The van der Waals surface area contributed by atoms with E-state index in [1.807, 2.05) is 33.9 Å². The molecule has 2 saturated carbocycles. The maximum absolute atomic E-state index is 13.8. The van der Waals surface area contributed by atoms with Crippen molar-refractivity contribution in [3.05, 3.63) is 64.9 Å². The first-order valence-corrected chi connectivity index (χ1v) is 13.2. The largest absolute Gasteiger partial charge is 0.422 e. The van der Waals surface area contributed by atoms with Crippen molar-refractivity contribution in [1.82, 2.24) is 29.6 Å². The molecule has 1 aliphatic heterocycles. The number of nitrogens with zero attached hydrogens (tertiary/aromatic N) is 5. The van der Waals surface area contributed by atoms with Crippen molar-refractivity contribution >= 4 is 28.0 Å². The Balaban J connectivity index is 1.18. The van der Waals surface area contributed by atoms with Crippen LogP contribution in [0, 0.1) is 18.3 Å². The highest BCUT2D eigenvalue weighted by atomic mass is 16.4. The second-order valence-electron chi connectivity index (χ2n) is 11.1. The van der Waals surface area contributed by atoms with Gasteiger partial charge in [0.15, 0.2) is 11.4 Å². The number of oxazole rings is 1. The van der Waals surface area contributed by atoms with Crippen LogP contribution in [0.2, 0.25) is 0 Å². The molecular weight excluding hydrogens is 480 g/mol. The zero-order chi connectivity index (χ0) is 25.6. The van der Waals surface area contributed by atoms with E-state index in [1.54, 1.807) is 6.92 Å². The maximum atomic E-state index is 13.8. The number of amides is 1. The first-order chi connectivity index (χ1) is 18.5. The highest BCUT2D eigenvalue weighted by molar-refractivity contribution is 5.84. The predicted molar refractivity (Wildman–Crippen MR) is 141 cm³/mol. The lowest BCUT2D eigenvalue weighted by molar-refractivity contribution is -0.131. The summed E-state index contributed by atoms with van der Waals surface area (Å²) in [5.74, 6) is 1.50. The summed E-state index contributed by atoms with van der Waals surface area (Å²) in [7, 11) is 0. The number of rotatable bonds is 4. The van der Waals surface area contributed by atoms with Crippen LogP contribution in [0.5, 0.6) is 0 Å². The van der Waals surface area contributed by atoms with Gasteiger partial charge < -0.3 is 9.32 Å². The highest BCUT2D eigenvalue weighted by Crippen LogP contribution is 2.62. The standard InChI is InChI=1S/C29H26N6O3/c1-16-31-24-26(38-16)32-25(18-4-2-17(3-5-18)20-8-9-22-21(12-20)14-30-33-22)35(28(24)37)23-13-29(23)10-11-34(15-29)27(36)19-6-7-19/h2-5,8-9,12,14,19,23H,6-7,10-11,13,15H2,1H3,(H,30,33)/t23-,29+/m0/s1. The number of carbonyl (C=O) groups excluding carboxylic acids is 1. The number of aryl methyl sites for hydroxylation is 1. The van der Waals surface area contributed by atoms with E-state index in [1.165, 1.54) is 0 Å². The molecule has 1 saturated heterocycles. The zero-order valence-corrected chi connectivity index (χ0v) is 21.0. The molecule has 2 aliphatic carbocycles. The van der Waals surface area contributed by atoms with E-state index in [0.29, 0.717) is 18.3 Å². The smallest absolute Gasteiger partial charge is 0.284 e. The summed E-state index contributed by atoms with van der Waals surface area (Å²) in [6, 6.07) is 14.3. The van der Waals surface area contributed by atoms with Gasteiger partial charge in [-0.3, -0.25) is 19.3 Å². The van der Waals surface area contributed by atoms with Gasteiger partial charge in [-0.05, 0) is 48.9 Å². The summed E-state index contributed by atoms with van der Waals surface area (Å²) in [4.78, 5) is 37.7. The summed E-state index contributed by atoms with van der Waals surface area (Å²) in [5, 5.41) is 8.15. The summed E-state index contributed by atoms with van der Waals surface area (Å²) in [6.07, 6.45) is 5.60. The summed E-state index contributed by atoms with van der Waals surface area (Å²) in [6.45, 7) is 3.21. The molecular formula is C29H26N6O3. The minimum atomic E-state index is -0.176. The topological polar surface area (TPSA) is 110 Å². The van der Waals surface area contributed by atoms with Gasteiger partial charge in [0.1, 0.15) is 5.82 Å². The Morgan fingerprint density at radius 1 is 1.08 bits per heavy atom. The first-order valence-electron chi connectivity index (χ1n) is 13.2. The normalized spacial score (nSPS) is 22.7. The third-order valence-corrected chi connectivity index (χ3v) is 8.57. The molecule has 4 heterocycles. The zero-order valence-electron chi connectivity index (χ0n) is 21.0. The average molecular weight is 507 g/mol. The third kappa shape index (κ3) is 3.27. The monoisotopic (exact) mass is 506 g/mol. The van der Waals surface area contributed by atoms with Gasteiger partial charge in [-0.15, -0.1) is 0 Å². The SMILES string of the molecule is Cc1nc2c(=O)n([C@H]3C[C@@]34CCN(C(=O)C3CC3)C4)c(-c3ccc(-c4ccc5[nH]ncc5c4)cc3)nc2o1. The van der Waals surface area contributed by atoms with Crippen LogP contribution in [0.1, 0.15) is 37.6 Å². The Labute approximate surface area is 217 Å². The molecule has 3 aliphatic rings. The molecule has 9 heteroatoms. The fourth-order valence-corrected chi connectivity index (χ4v) is 6.22. The Bertz CT molecular complexity index is 1810. The molecule has 0 radical (unpaired) electrons. The number of fused-ring (bicyclic) bond motifs is 2. The second kappa shape index (κ2) is 7.63. The van der Waals surface area contributed by atoms with E-state index < -0.39 is 0 Å². The van der Waals surface area contributed by atoms with Gasteiger partial charge in [0.25, 0.3) is 11.3 Å². The Morgan fingerprint density at radius 3 is 2.68 bits per heavy atom. The van der Waals surface area contributed by atoms with Gasteiger partial charge in [-0.2, -0.15) is 10.1 Å². The van der Waals surface area contributed by atoms with Gasteiger partial charge in [0.2, 0.25) is 5.91 Å².